The van der Waals surface area contributed by atoms with Crippen molar-refractivity contribution < 1.29 is 0 Å². The fourth-order valence-electron chi connectivity index (χ4n) is 1.34. The first-order valence-electron chi connectivity index (χ1n) is 5.32. The molecular weight excluding hydrogens is 220 g/mol. The summed E-state index contributed by atoms with van der Waals surface area (Å²) in [5, 5.41) is 4.32. The van der Waals surface area contributed by atoms with Crippen molar-refractivity contribution in [2.75, 3.05) is 12.3 Å². The minimum Gasteiger partial charge on any atom is -0.359 e. The first-order chi connectivity index (χ1) is 7.66. The third-order valence-corrected chi connectivity index (χ3v) is 3.79. The van der Waals surface area contributed by atoms with Gasteiger partial charge in [0.25, 0.3) is 0 Å². The lowest BCUT2D eigenvalue weighted by atomic mass is 9.97. The first kappa shape index (κ1) is 11.4. The van der Waals surface area contributed by atoms with E-state index in [1.54, 1.807) is 24.3 Å². The number of thioether (sulfide) groups is 1. The van der Waals surface area contributed by atoms with E-state index >= 15 is 0 Å². The lowest BCUT2D eigenvalue weighted by molar-refractivity contribution is 0.436. The second kappa shape index (κ2) is 4.82. The van der Waals surface area contributed by atoms with Crippen LogP contribution in [0.15, 0.2) is 23.6 Å². The maximum atomic E-state index is 4.52. The summed E-state index contributed by atoms with van der Waals surface area (Å²) in [4.78, 5) is 12.6. The van der Waals surface area contributed by atoms with E-state index in [9.17, 15) is 0 Å². The van der Waals surface area contributed by atoms with Gasteiger partial charge in [-0.1, -0.05) is 25.6 Å². The van der Waals surface area contributed by atoms with E-state index in [1.807, 2.05) is 6.07 Å². The number of aliphatic imine (C=N–C) groups is 1. The van der Waals surface area contributed by atoms with Crippen LogP contribution in [0.1, 0.15) is 19.5 Å². The van der Waals surface area contributed by atoms with Gasteiger partial charge in [0.2, 0.25) is 0 Å². The summed E-state index contributed by atoms with van der Waals surface area (Å²) < 4.78 is 0. The zero-order valence-corrected chi connectivity index (χ0v) is 10.4. The number of hydrogen-bond donors (Lipinski definition) is 1. The molecule has 1 aromatic rings. The third kappa shape index (κ3) is 3.20. The summed E-state index contributed by atoms with van der Waals surface area (Å²) in [6, 6.07) is 1.91. The van der Waals surface area contributed by atoms with E-state index in [0.29, 0.717) is 5.41 Å². The van der Waals surface area contributed by atoms with Crippen molar-refractivity contribution in [3.05, 3.63) is 24.3 Å². The second-order valence-corrected chi connectivity index (χ2v) is 5.59. The highest BCUT2D eigenvalue weighted by Crippen LogP contribution is 2.26. The molecule has 86 valence electrons. The Bertz CT molecular complexity index is 375. The van der Waals surface area contributed by atoms with E-state index in [2.05, 4.69) is 34.1 Å². The van der Waals surface area contributed by atoms with Crippen LogP contribution in [0.2, 0.25) is 0 Å². The zero-order chi connectivity index (χ0) is 11.4. The normalized spacial score (nSPS) is 19.0. The van der Waals surface area contributed by atoms with Crippen molar-refractivity contribution in [2.24, 2.45) is 10.4 Å². The van der Waals surface area contributed by atoms with Crippen molar-refractivity contribution in [1.82, 2.24) is 15.3 Å². The first-order valence-corrected chi connectivity index (χ1v) is 6.30. The van der Waals surface area contributed by atoms with Crippen LogP contribution in [-0.4, -0.2) is 27.4 Å². The van der Waals surface area contributed by atoms with Gasteiger partial charge in [0.15, 0.2) is 5.17 Å². The highest BCUT2D eigenvalue weighted by atomic mass is 32.2. The van der Waals surface area contributed by atoms with Crippen molar-refractivity contribution in [3.63, 3.8) is 0 Å². The standard InChI is InChI=1S/C11H16N4S/c1-11(2)6-14-10(16-7-11)13-5-9-3-4-12-8-15-9/h3-4,8H,5-7H2,1-2H3,(H,13,14). The quantitative estimate of drug-likeness (QED) is 0.849. The molecule has 1 N–H and O–H groups in total. The Morgan fingerprint density at radius 2 is 2.38 bits per heavy atom. The Morgan fingerprint density at radius 3 is 3.00 bits per heavy atom. The fourth-order valence-corrected chi connectivity index (χ4v) is 2.29. The van der Waals surface area contributed by atoms with E-state index in [0.717, 1.165) is 29.7 Å². The average Bonchev–Trinajstić information content (AvgIpc) is 2.29. The predicted octanol–water partition coefficient (Wildman–Crippen LogP) is 1.70. The molecule has 0 atom stereocenters. The number of nitrogens with one attached hydrogen (secondary N) is 1. The van der Waals surface area contributed by atoms with Crippen molar-refractivity contribution in [2.45, 2.75) is 20.4 Å². The molecule has 1 aromatic heterocycles. The van der Waals surface area contributed by atoms with Gasteiger partial charge in [0, 0.05) is 18.5 Å². The predicted molar refractivity (Wildman–Crippen MR) is 67.4 cm³/mol. The number of rotatable bonds is 2. The van der Waals surface area contributed by atoms with Gasteiger partial charge in [-0.3, -0.25) is 4.99 Å². The highest BCUT2D eigenvalue weighted by Gasteiger charge is 2.23. The van der Waals surface area contributed by atoms with Gasteiger partial charge in [-0.05, 0) is 11.5 Å². The molecule has 2 rings (SSSR count). The molecule has 4 nitrogen and oxygen atoms in total. The largest absolute Gasteiger partial charge is 0.359 e. The average molecular weight is 236 g/mol. The summed E-state index contributed by atoms with van der Waals surface area (Å²) in [6.07, 6.45) is 3.32. The molecule has 0 saturated carbocycles. The van der Waals surface area contributed by atoms with Crippen molar-refractivity contribution >= 4 is 16.9 Å². The molecule has 0 radical (unpaired) electrons. The number of amidine groups is 1. The van der Waals surface area contributed by atoms with Crippen LogP contribution in [0.5, 0.6) is 0 Å². The van der Waals surface area contributed by atoms with Crippen LogP contribution >= 0.6 is 11.8 Å². The SMILES string of the molecule is CC1(C)CN=C(NCc2ccncn2)SC1. The molecule has 0 amide bonds. The smallest absolute Gasteiger partial charge is 0.156 e. The van der Waals surface area contributed by atoms with Crippen LogP contribution in [0.4, 0.5) is 0 Å². The number of hydrogen-bond acceptors (Lipinski definition) is 5. The summed E-state index contributed by atoms with van der Waals surface area (Å²) in [5.41, 5.74) is 1.31. The molecule has 0 aromatic carbocycles. The van der Waals surface area contributed by atoms with Crippen LogP contribution in [-0.2, 0) is 6.54 Å². The topological polar surface area (TPSA) is 50.2 Å². The van der Waals surface area contributed by atoms with Crippen LogP contribution < -0.4 is 5.32 Å². The van der Waals surface area contributed by atoms with Crippen molar-refractivity contribution in [3.8, 4) is 0 Å². The lowest BCUT2D eigenvalue weighted by Crippen LogP contribution is -2.31. The maximum Gasteiger partial charge on any atom is 0.156 e. The van der Waals surface area contributed by atoms with E-state index < -0.39 is 0 Å². The van der Waals surface area contributed by atoms with Gasteiger partial charge in [-0.25, -0.2) is 9.97 Å². The minimum absolute atomic E-state index is 0.324. The molecule has 5 heteroatoms. The molecule has 0 saturated heterocycles. The Kier molecular flexibility index (Phi) is 3.43. The minimum atomic E-state index is 0.324. The second-order valence-electron chi connectivity index (χ2n) is 4.63. The Balaban J connectivity index is 1.86. The van der Waals surface area contributed by atoms with Crippen LogP contribution in [0.25, 0.3) is 0 Å². The number of nitrogens with zero attached hydrogens (tertiary/aromatic N) is 3. The molecule has 1 aliphatic heterocycles. The monoisotopic (exact) mass is 236 g/mol. The third-order valence-electron chi connectivity index (χ3n) is 2.31. The van der Waals surface area contributed by atoms with Gasteiger partial charge in [-0.15, -0.1) is 0 Å². The van der Waals surface area contributed by atoms with Gasteiger partial charge in [0.05, 0.1) is 12.2 Å². The fraction of sp³-hybridized carbons (Fsp3) is 0.545. The summed E-state index contributed by atoms with van der Waals surface area (Å²) in [7, 11) is 0. The van der Waals surface area contributed by atoms with Gasteiger partial charge in [0.1, 0.15) is 6.33 Å². The molecule has 0 aliphatic carbocycles. The van der Waals surface area contributed by atoms with Gasteiger partial charge < -0.3 is 5.32 Å². The lowest BCUT2D eigenvalue weighted by Gasteiger charge is -2.27. The Morgan fingerprint density at radius 1 is 1.50 bits per heavy atom. The maximum absolute atomic E-state index is 4.52. The summed E-state index contributed by atoms with van der Waals surface area (Å²) in [5.74, 6) is 1.11. The van der Waals surface area contributed by atoms with E-state index in [1.165, 1.54) is 0 Å². The van der Waals surface area contributed by atoms with Gasteiger partial charge in [-0.2, -0.15) is 0 Å². The number of aromatic nitrogens is 2. The Labute approximate surface area is 100.0 Å². The molecular formula is C11H16N4S. The zero-order valence-electron chi connectivity index (χ0n) is 9.60. The highest BCUT2D eigenvalue weighted by molar-refractivity contribution is 8.13. The summed E-state index contributed by atoms with van der Waals surface area (Å²) in [6.45, 7) is 6.09. The molecule has 1 aliphatic rings. The molecule has 16 heavy (non-hydrogen) atoms. The van der Waals surface area contributed by atoms with Gasteiger partial charge >= 0.3 is 0 Å². The van der Waals surface area contributed by atoms with Crippen LogP contribution in [0.3, 0.4) is 0 Å². The molecule has 0 bridgehead atoms. The molecule has 0 unspecified atom stereocenters. The van der Waals surface area contributed by atoms with Crippen molar-refractivity contribution in [1.29, 1.82) is 0 Å². The summed E-state index contributed by atoms with van der Waals surface area (Å²) >= 11 is 1.78. The van der Waals surface area contributed by atoms with Crippen LogP contribution in [0, 0.1) is 5.41 Å². The van der Waals surface area contributed by atoms with E-state index in [-0.39, 0.29) is 0 Å². The molecule has 2 heterocycles. The Hall–Kier alpha value is -1.10. The van der Waals surface area contributed by atoms with E-state index in [4.69, 9.17) is 0 Å². The molecule has 0 spiro atoms. The molecule has 0 fully saturated rings.